The first-order chi connectivity index (χ1) is 9.57. The van der Waals surface area contributed by atoms with Crippen LogP contribution in [-0.2, 0) is 14.8 Å². The van der Waals surface area contributed by atoms with E-state index in [0.29, 0.717) is 11.3 Å². The first-order valence-corrected chi connectivity index (χ1v) is 7.51. The fourth-order valence-corrected chi connectivity index (χ4v) is 2.54. The maximum absolute atomic E-state index is 13.0. The van der Waals surface area contributed by atoms with Crippen LogP contribution in [-0.4, -0.2) is 33.3 Å². The predicted molar refractivity (Wildman–Crippen MR) is 81.9 cm³/mol. The summed E-state index contributed by atoms with van der Waals surface area (Å²) in [5.74, 6) is -3.69. The molecule has 0 spiro atoms. The molecule has 0 radical (unpaired) electrons. The SMILES string of the molecule is CC(=O)Nc1cc(S(=O)(=O)NCC(F)(F)CN)ccc1C.Cl. The second-order valence-corrected chi connectivity index (χ2v) is 6.31. The Balaban J connectivity index is 0.00000441. The van der Waals surface area contributed by atoms with E-state index in [0.717, 1.165) is 0 Å². The predicted octanol–water partition coefficient (Wildman–Crippen LogP) is 1.25. The van der Waals surface area contributed by atoms with Crippen molar-refractivity contribution in [2.75, 3.05) is 18.4 Å². The van der Waals surface area contributed by atoms with E-state index in [1.807, 2.05) is 0 Å². The zero-order valence-electron chi connectivity index (χ0n) is 12.0. The van der Waals surface area contributed by atoms with Crippen LogP contribution in [0.3, 0.4) is 0 Å². The standard InChI is InChI=1S/C12H17F2N3O3S.ClH/c1-8-3-4-10(5-11(8)17-9(2)18)21(19,20)16-7-12(13,14)6-15;/h3-5,16H,6-7,15H2,1-2H3,(H,17,18);1H. The summed E-state index contributed by atoms with van der Waals surface area (Å²) in [5.41, 5.74) is 5.79. The molecule has 0 aromatic heterocycles. The van der Waals surface area contributed by atoms with Gasteiger partial charge in [-0.15, -0.1) is 12.4 Å². The van der Waals surface area contributed by atoms with E-state index in [1.165, 1.54) is 25.1 Å². The first-order valence-electron chi connectivity index (χ1n) is 6.03. The molecule has 0 bridgehead atoms. The average molecular weight is 358 g/mol. The average Bonchev–Trinajstić information content (AvgIpc) is 2.39. The van der Waals surface area contributed by atoms with Crippen molar-refractivity contribution in [2.24, 2.45) is 5.73 Å². The van der Waals surface area contributed by atoms with Crippen LogP contribution in [0.5, 0.6) is 0 Å². The third-order valence-electron chi connectivity index (χ3n) is 2.65. The van der Waals surface area contributed by atoms with Crippen LogP contribution in [0.25, 0.3) is 0 Å². The first kappa shape index (κ1) is 20.7. The molecule has 126 valence electrons. The summed E-state index contributed by atoms with van der Waals surface area (Å²) >= 11 is 0. The fraction of sp³-hybridized carbons (Fsp3) is 0.417. The third kappa shape index (κ3) is 5.84. The van der Waals surface area contributed by atoms with Crippen LogP contribution in [0.4, 0.5) is 14.5 Å². The van der Waals surface area contributed by atoms with Crippen molar-refractivity contribution >= 4 is 34.0 Å². The Morgan fingerprint density at radius 1 is 1.36 bits per heavy atom. The molecule has 6 nitrogen and oxygen atoms in total. The fourth-order valence-electron chi connectivity index (χ4n) is 1.45. The molecule has 0 saturated carbocycles. The smallest absolute Gasteiger partial charge is 0.273 e. The van der Waals surface area contributed by atoms with E-state index >= 15 is 0 Å². The van der Waals surface area contributed by atoms with Crippen molar-refractivity contribution in [1.29, 1.82) is 0 Å². The molecule has 1 amide bonds. The number of carbonyl (C=O) groups is 1. The lowest BCUT2D eigenvalue weighted by molar-refractivity contribution is -0.114. The van der Waals surface area contributed by atoms with Gasteiger partial charge in [-0.3, -0.25) is 4.79 Å². The molecule has 0 aliphatic rings. The number of hydrogen-bond acceptors (Lipinski definition) is 4. The summed E-state index contributed by atoms with van der Waals surface area (Å²) in [6.45, 7) is 0.911. The summed E-state index contributed by atoms with van der Waals surface area (Å²) in [5, 5.41) is 2.47. The minimum absolute atomic E-state index is 0. The van der Waals surface area contributed by atoms with Crippen molar-refractivity contribution in [3.05, 3.63) is 23.8 Å². The van der Waals surface area contributed by atoms with Gasteiger partial charge in [0.05, 0.1) is 18.0 Å². The van der Waals surface area contributed by atoms with Crippen LogP contribution < -0.4 is 15.8 Å². The lowest BCUT2D eigenvalue weighted by atomic mass is 10.2. The molecule has 4 N–H and O–H groups in total. The topological polar surface area (TPSA) is 101 Å². The lowest BCUT2D eigenvalue weighted by Crippen LogP contribution is -2.41. The number of nitrogens with one attached hydrogen (secondary N) is 2. The summed E-state index contributed by atoms with van der Waals surface area (Å²) in [4.78, 5) is 10.8. The Hall–Kier alpha value is -1.29. The zero-order valence-corrected chi connectivity index (χ0v) is 13.7. The maximum atomic E-state index is 13.0. The van der Waals surface area contributed by atoms with Crippen LogP contribution in [0.15, 0.2) is 23.1 Å². The van der Waals surface area contributed by atoms with Gasteiger partial charge in [0, 0.05) is 12.6 Å². The molecule has 0 saturated heterocycles. The van der Waals surface area contributed by atoms with E-state index in [-0.39, 0.29) is 23.2 Å². The highest BCUT2D eigenvalue weighted by Crippen LogP contribution is 2.20. The van der Waals surface area contributed by atoms with Crippen molar-refractivity contribution in [3.63, 3.8) is 0 Å². The number of alkyl halides is 2. The number of carbonyl (C=O) groups excluding carboxylic acids is 1. The van der Waals surface area contributed by atoms with E-state index in [1.54, 1.807) is 11.6 Å². The summed E-state index contributed by atoms with van der Waals surface area (Å²) in [7, 11) is -4.12. The van der Waals surface area contributed by atoms with Gasteiger partial charge in [-0.2, -0.15) is 0 Å². The van der Waals surface area contributed by atoms with Gasteiger partial charge in [-0.1, -0.05) is 6.07 Å². The molecule has 22 heavy (non-hydrogen) atoms. The Morgan fingerprint density at radius 3 is 2.45 bits per heavy atom. The van der Waals surface area contributed by atoms with Gasteiger partial charge in [0.25, 0.3) is 5.92 Å². The van der Waals surface area contributed by atoms with Crippen LogP contribution in [0, 0.1) is 6.92 Å². The normalized spacial score (nSPS) is 11.7. The highest BCUT2D eigenvalue weighted by atomic mass is 35.5. The monoisotopic (exact) mass is 357 g/mol. The number of hydrogen-bond donors (Lipinski definition) is 3. The van der Waals surface area contributed by atoms with Gasteiger partial charge < -0.3 is 11.1 Å². The lowest BCUT2D eigenvalue weighted by Gasteiger charge is -2.15. The highest BCUT2D eigenvalue weighted by Gasteiger charge is 2.29. The Morgan fingerprint density at radius 2 is 1.95 bits per heavy atom. The Kier molecular flexibility index (Phi) is 7.36. The van der Waals surface area contributed by atoms with Crippen molar-refractivity contribution < 1.29 is 22.0 Å². The second-order valence-electron chi connectivity index (χ2n) is 4.54. The van der Waals surface area contributed by atoms with E-state index in [9.17, 15) is 22.0 Å². The molecule has 1 rings (SSSR count). The van der Waals surface area contributed by atoms with Gasteiger partial charge >= 0.3 is 0 Å². The maximum Gasteiger partial charge on any atom is 0.273 e. The molecular weight excluding hydrogens is 340 g/mol. The number of aryl methyl sites for hydroxylation is 1. The van der Waals surface area contributed by atoms with Crippen molar-refractivity contribution in [2.45, 2.75) is 24.7 Å². The summed E-state index contributed by atoms with van der Waals surface area (Å²) < 4.78 is 51.7. The van der Waals surface area contributed by atoms with Crippen LogP contribution in [0.2, 0.25) is 0 Å². The Bertz CT molecular complexity index is 639. The van der Waals surface area contributed by atoms with E-state index < -0.39 is 29.0 Å². The van der Waals surface area contributed by atoms with Gasteiger partial charge in [0.1, 0.15) is 0 Å². The zero-order chi connectivity index (χ0) is 16.3. The summed E-state index contributed by atoms with van der Waals surface area (Å²) in [6.07, 6.45) is 0. The number of halogens is 3. The second kappa shape index (κ2) is 7.82. The van der Waals surface area contributed by atoms with Crippen LogP contribution in [0.1, 0.15) is 12.5 Å². The van der Waals surface area contributed by atoms with Gasteiger partial charge in [0.15, 0.2) is 0 Å². The number of sulfonamides is 1. The van der Waals surface area contributed by atoms with Gasteiger partial charge in [-0.25, -0.2) is 21.9 Å². The molecule has 10 heteroatoms. The number of rotatable bonds is 6. The van der Waals surface area contributed by atoms with Crippen molar-refractivity contribution in [3.8, 4) is 0 Å². The molecule has 1 aromatic rings. The highest BCUT2D eigenvalue weighted by molar-refractivity contribution is 7.89. The number of amides is 1. The largest absolute Gasteiger partial charge is 0.326 e. The summed E-state index contributed by atoms with van der Waals surface area (Å²) in [6, 6.07) is 3.95. The molecule has 0 aliphatic carbocycles. The molecule has 0 fully saturated rings. The van der Waals surface area contributed by atoms with Crippen molar-refractivity contribution in [1.82, 2.24) is 4.72 Å². The third-order valence-corrected chi connectivity index (χ3v) is 4.05. The van der Waals surface area contributed by atoms with Gasteiger partial charge in [-0.05, 0) is 24.6 Å². The number of benzene rings is 1. The van der Waals surface area contributed by atoms with E-state index in [2.05, 4.69) is 5.32 Å². The Labute approximate surface area is 133 Å². The molecular formula is C12H18ClF2N3O3S. The van der Waals surface area contributed by atoms with Gasteiger partial charge in [0.2, 0.25) is 15.9 Å². The minimum Gasteiger partial charge on any atom is -0.326 e. The molecule has 0 aliphatic heterocycles. The van der Waals surface area contributed by atoms with Crippen LogP contribution >= 0.6 is 12.4 Å². The van der Waals surface area contributed by atoms with E-state index in [4.69, 9.17) is 5.73 Å². The molecule has 0 heterocycles. The number of nitrogens with two attached hydrogens (primary N) is 1. The molecule has 0 unspecified atom stereocenters. The minimum atomic E-state index is -4.12. The molecule has 1 aromatic carbocycles. The number of anilines is 1. The quantitative estimate of drug-likeness (QED) is 0.713. The molecule has 0 atom stereocenters.